The molecule has 0 radical (unpaired) electrons. The van der Waals surface area contributed by atoms with Gasteiger partial charge >= 0.3 is 6.80 Å². The molecule has 4 aromatic carbocycles. The molecule has 0 saturated carbocycles. The molecule has 10 heteroatoms. The van der Waals surface area contributed by atoms with Gasteiger partial charge in [-0.2, -0.15) is 0 Å². The summed E-state index contributed by atoms with van der Waals surface area (Å²) in [4.78, 5) is 0. The van der Waals surface area contributed by atoms with Crippen molar-refractivity contribution >= 4 is 18.2 Å². The second kappa shape index (κ2) is 17.4. The number of hydrogen-bond acceptors (Lipinski definition) is 9. The van der Waals surface area contributed by atoms with Crippen LogP contribution in [-0.4, -0.2) is 49.7 Å². The highest BCUT2D eigenvalue weighted by Crippen LogP contribution is 2.66. The maximum atomic E-state index is 14.1. The zero-order valence-corrected chi connectivity index (χ0v) is 29.7. The Hall–Kier alpha value is -2.82. The first-order valence-corrected chi connectivity index (χ1v) is 19.7. The molecule has 2 heterocycles. The predicted molar refractivity (Wildman–Crippen MR) is 191 cm³/mol. The van der Waals surface area contributed by atoms with E-state index >= 15 is 0 Å². The minimum atomic E-state index is -3.61. The van der Waals surface area contributed by atoms with Gasteiger partial charge in [0, 0.05) is 5.41 Å². The molecule has 260 valence electrons. The maximum absolute atomic E-state index is 14.1. The molecular weight excluding hydrogens is 659 g/mol. The van der Waals surface area contributed by atoms with Gasteiger partial charge < -0.3 is 32.7 Å². The van der Waals surface area contributed by atoms with Crippen molar-refractivity contribution in [2.45, 2.75) is 70.1 Å². The SMILES string of the molecule is CC1(C)COP(=O)(S[C@H]2O[C@H](COCc3ccccc3)[C@@H](OCc3ccccc3)[C@H](OCc3ccccc3)[C@H]2OCc2ccccc2)OC1. The standard InChI is InChI=1S/C39H45O8PS/c1-39(2)28-45-48(40,46-29-39)49-38-37(44-26-33-21-13-6-14-22-33)36(43-25-32-19-11-5-12-20-32)35(42-24-31-17-9-4-10-18-31)34(47-38)27-41-23-30-15-7-3-8-16-30/h3-22,34-38H,23-29H2,1-2H3/t34-,35-,36+,37-,38-/m1/s1. The summed E-state index contributed by atoms with van der Waals surface area (Å²) in [6, 6.07) is 39.9. The summed E-state index contributed by atoms with van der Waals surface area (Å²) in [5.74, 6) is 0. The summed E-state index contributed by atoms with van der Waals surface area (Å²) in [7, 11) is 0. The van der Waals surface area contributed by atoms with Gasteiger partial charge in [0.05, 0.1) is 46.2 Å². The van der Waals surface area contributed by atoms with Gasteiger partial charge in [0.25, 0.3) is 0 Å². The Morgan fingerprint density at radius 1 is 0.612 bits per heavy atom. The zero-order chi connectivity index (χ0) is 33.9. The topological polar surface area (TPSA) is 81.7 Å². The highest BCUT2D eigenvalue weighted by atomic mass is 32.7. The molecule has 0 aromatic heterocycles. The van der Waals surface area contributed by atoms with Gasteiger partial charge in [-0.25, -0.2) is 4.57 Å². The van der Waals surface area contributed by atoms with E-state index in [-0.39, 0.29) is 18.6 Å². The summed E-state index contributed by atoms with van der Waals surface area (Å²) < 4.78 is 59.2. The number of hydrogen-bond donors (Lipinski definition) is 0. The van der Waals surface area contributed by atoms with Crippen molar-refractivity contribution in [2.75, 3.05) is 19.8 Å². The fourth-order valence-electron chi connectivity index (χ4n) is 5.61. The lowest BCUT2D eigenvalue weighted by Crippen LogP contribution is -2.60. The van der Waals surface area contributed by atoms with Gasteiger partial charge in [0.15, 0.2) is 0 Å². The van der Waals surface area contributed by atoms with Gasteiger partial charge in [0.1, 0.15) is 29.9 Å². The third kappa shape index (κ3) is 10.6. The summed E-state index contributed by atoms with van der Waals surface area (Å²) in [5.41, 5.74) is 3.02. The molecule has 0 unspecified atom stereocenters. The minimum absolute atomic E-state index is 0.209. The molecule has 0 amide bonds. The van der Waals surface area contributed by atoms with Crippen LogP contribution in [0.25, 0.3) is 0 Å². The van der Waals surface area contributed by atoms with Crippen LogP contribution in [-0.2, 0) is 63.7 Å². The molecule has 2 aliphatic rings. The van der Waals surface area contributed by atoms with Crippen LogP contribution < -0.4 is 0 Å². The normalized spacial score (nSPS) is 24.7. The Balaban J connectivity index is 1.32. The Morgan fingerprint density at radius 2 is 1.02 bits per heavy atom. The second-order valence-electron chi connectivity index (χ2n) is 13.1. The fourth-order valence-corrected chi connectivity index (χ4v) is 9.57. The van der Waals surface area contributed by atoms with E-state index in [9.17, 15) is 4.57 Å². The van der Waals surface area contributed by atoms with Crippen LogP contribution in [0.2, 0.25) is 0 Å². The van der Waals surface area contributed by atoms with E-state index in [2.05, 4.69) is 0 Å². The zero-order valence-electron chi connectivity index (χ0n) is 28.0. The quantitative estimate of drug-likeness (QED) is 0.113. The first kappa shape index (κ1) is 36.0. The third-order valence-corrected chi connectivity index (χ3v) is 12.1. The molecule has 2 fully saturated rings. The highest BCUT2D eigenvalue weighted by molar-refractivity contribution is 8.55. The first-order chi connectivity index (χ1) is 23.9. The van der Waals surface area contributed by atoms with Crippen LogP contribution in [0.5, 0.6) is 0 Å². The maximum Gasteiger partial charge on any atom is 0.391 e. The number of rotatable bonds is 15. The molecule has 8 nitrogen and oxygen atoms in total. The van der Waals surface area contributed by atoms with Crippen molar-refractivity contribution in [2.24, 2.45) is 5.41 Å². The molecular formula is C39H45O8PS. The molecule has 0 spiro atoms. The summed E-state index contributed by atoms with van der Waals surface area (Å²) >= 11 is 1.04. The largest absolute Gasteiger partial charge is 0.391 e. The van der Waals surface area contributed by atoms with Gasteiger partial charge in [0.2, 0.25) is 0 Å². The van der Waals surface area contributed by atoms with Gasteiger partial charge in [-0.1, -0.05) is 135 Å². The van der Waals surface area contributed by atoms with Crippen molar-refractivity contribution in [1.82, 2.24) is 0 Å². The van der Waals surface area contributed by atoms with E-state index in [1.165, 1.54) is 0 Å². The van der Waals surface area contributed by atoms with Crippen LogP contribution in [0.4, 0.5) is 0 Å². The Bertz CT molecular complexity index is 1580. The molecule has 0 N–H and O–H groups in total. The van der Waals surface area contributed by atoms with E-state index in [0.717, 1.165) is 33.6 Å². The predicted octanol–water partition coefficient (Wildman–Crippen LogP) is 8.60. The van der Waals surface area contributed by atoms with E-state index in [4.69, 9.17) is 32.7 Å². The number of benzene rings is 4. The van der Waals surface area contributed by atoms with Crippen LogP contribution in [0.3, 0.4) is 0 Å². The average molecular weight is 705 g/mol. The lowest BCUT2D eigenvalue weighted by molar-refractivity contribution is -0.254. The summed E-state index contributed by atoms with van der Waals surface area (Å²) in [6.45, 7) is 2.58. The molecule has 2 aliphatic heterocycles. The minimum Gasteiger partial charge on any atom is -0.374 e. The van der Waals surface area contributed by atoms with Crippen LogP contribution >= 0.6 is 18.2 Å². The molecule has 49 heavy (non-hydrogen) atoms. The van der Waals surface area contributed by atoms with E-state index in [1.807, 2.05) is 135 Å². The van der Waals surface area contributed by atoms with Crippen molar-refractivity contribution < 1.29 is 37.3 Å². The smallest absolute Gasteiger partial charge is 0.374 e. The second-order valence-corrected chi connectivity index (χ2v) is 17.2. The first-order valence-electron chi connectivity index (χ1n) is 16.7. The highest BCUT2D eigenvalue weighted by Gasteiger charge is 2.52. The van der Waals surface area contributed by atoms with E-state index in [1.54, 1.807) is 0 Å². The van der Waals surface area contributed by atoms with E-state index < -0.39 is 36.6 Å². The molecule has 0 bridgehead atoms. The molecule has 2 saturated heterocycles. The van der Waals surface area contributed by atoms with Gasteiger partial charge in [-0.05, 0) is 33.6 Å². The van der Waals surface area contributed by atoms with Crippen LogP contribution in [0, 0.1) is 5.41 Å². The summed E-state index contributed by atoms with van der Waals surface area (Å²) in [6.07, 6.45) is -2.51. The Labute approximate surface area is 293 Å². The van der Waals surface area contributed by atoms with E-state index in [0.29, 0.717) is 33.0 Å². The van der Waals surface area contributed by atoms with Crippen molar-refractivity contribution in [3.05, 3.63) is 144 Å². The lowest BCUT2D eigenvalue weighted by atomic mass is 9.97. The molecule has 4 aromatic rings. The van der Waals surface area contributed by atoms with Crippen molar-refractivity contribution in [3.63, 3.8) is 0 Å². The molecule has 0 aliphatic carbocycles. The van der Waals surface area contributed by atoms with Gasteiger partial charge in [-0.15, -0.1) is 0 Å². The van der Waals surface area contributed by atoms with Gasteiger partial charge in [-0.3, -0.25) is 0 Å². The lowest BCUT2D eigenvalue weighted by Gasteiger charge is -2.46. The Kier molecular flexibility index (Phi) is 12.8. The third-order valence-electron chi connectivity index (χ3n) is 8.30. The molecule has 6 rings (SSSR count). The Morgan fingerprint density at radius 3 is 1.49 bits per heavy atom. The van der Waals surface area contributed by atoms with Crippen LogP contribution in [0.1, 0.15) is 36.1 Å². The summed E-state index contributed by atoms with van der Waals surface area (Å²) in [5, 5.41) is 0. The monoisotopic (exact) mass is 704 g/mol. The fraction of sp³-hybridized carbons (Fsp3) is 0.385. The molecule has 5 atom stereocenters. The average Bonchev–Trinajstić information content (AvgIpc) is 3.13. The van der Waals surface area contributed by atoms with Crippen molar-refractivity contribution in [3.8, 4) is 0 Å². The number of ether oxygens (including phenoxy) is 5. The van der Waals surface area contributed by atoms with Crippen molar-refractivity contribution in [1.29, 1.82) is 0 Å². The van der Waals surface area contributed by atoms with Crippen LogP contribution in [0.15, 0.2) is 121 Å².